The third-order valence-corrected chi connectivity index (χ3v) is 4.43. The Kier molecular flexibility index (Phi) is 3.89. The molecule has 0 aliphatic rings. The van der Waals surface area contributed by atoms with Gasteiger partial charge in [0.25, 0.3) is 5.91 Å². The van der Waals surface area contributed by atoms with Gasteiger partial charge in [-0.1, -0.05) is 24.3 Å². The van der Waals surface area contributed by atoms with Crippen molar-refractivity contribution in [3.63, 3.8) is 0 Å². The molecule has 22 heavy (non-hydrogen) atoms. The van der Waals surface area contributed by atoms with E-state index in [4.69, 9.17) is 0 Å². The Hall–Kier alpha value is -2.28. The van der Waals surface area contributed by atoms with Crippen LogP contribution in [0.3, 0.4) is 0 Å². The topological polar surface area (TPSA) is 72.2 Å². The van der Waals surface area contributed by atoms with Gasteiger partial charge in [-0.05, 0) is 31.9 Å². The lowest BCUT2D eigenvalue weighted by Crippen LogP contribution is -2.25. The van der Waals surface area contributed by atoms with E-state index in [1.807, 2.05) is 43.5 Å². The predicted molar refractivity (Wildman–Crippen MR) is 85.1 cm³/mol. The predicted octanol–water partition coefficient (Wildman–Crippen LogP) is 2.30. The maximum absolute atomic E-state index is 12.5. The minimum atomic E-state index is -0.149. The summed E-state index contributed by atoms with van der Waals surface area (Å²) in [7, 11) is 0. The first-order valence-electron chi connectivity index (χ1n) is 7.13. The van der Waals surface area contributed by atoms with Crippen LogP contribution in [0.2, 0.25) is 0 Å². The lowest BCUT2D eigenvalue weighted by molar-refractivity contribution is 0.0944. The van der Waals surface area contributed by atoms with E-state index in [0.717, 1.165) is 33.3 Å². The summed E-state index contributed by atoms with van der Waals surface area (Å²) in [6, 6.07) is 3.90. The molecule has 0 unspecified atom stereocenters. The number of aryl methyl sites for hydroxylation is 3. The molecule has 0 spiro atoms. The minimum absolute atomic E-state index is 0.149. The second-order valence-electron chi connectivity index (χ2n) is 5.11. The summed E-state index contributed by atoms with van der Waals surface area (Å²) < 4.78 is 1.83. The first kappa shape index (κ1) is 14.6. The van der Waals surface area contributed by atoms with Crippen LogP contribution in [0.4, 0.5) is 0 Å². The average molecular weight is 315 g/mol. The molecule has 0 aliphatic carbocycles. The van der Waals surface area contributed by atoms with Gasteiger partial charge in [-0.2, -0.15) is 0 Å². The third kappa shape index (κ3) is 2.71. The van der Waals surface area contributed by atoms with Gasteiger partial charge in [0.05, 0.1) is 12.2 Å². The SMILES string of the molecule is CCc1nnc(CNC(=O)c2c(C)nc3ccc(C)cn23)s1. The Morgan fingerprint density at radius 2 is 2.05 bits per heavy atom. The lowest BCUT2D eigenvalue weighted by Gasteiger charge is -2.04. The van der Waals surface area contributed by atoms with Crippen LogP contribution < -0.4 is 5.32 Å². The number of nitrogens with one attached hydrogen (secondary N) is 1. The fourth-order valence-electron chi connectivity index (χ4n) is 2.28. The molecule has 0 fully saturated rings. The van der Waals surface area contributed by atoms with Gasteiger partial charge in [-0.25, -0.2) is 4.98 Å². The molecule has 0 radical (unpaired) electrons. The molecule has 0 saturated heterocycles. The third-order valence-electron chi connectivity index (χ3n) is 3.37. The molecule has 0 bridgehead atoms. The minimum Gasteiger partial charge on any atom is -0.344 e. The Labute approximate surface area is 132 Å². The summed E-state index contributed by atoms with van der Waals surface area (Å²) in [5.41, 5.74) is 3.14. The molecule has 3 rings (SSSR count). The molecule has 1 N–H and O–H groups in total. The number of amides is 1. The van der Waals surface area contributed by atoms with Gasteiger partial charge in [0.2, 0.25) is 0 Å². The zero-order valence-electron chi connectivity index (χ0n) is 12.8. The summed E-state index contributed by atoms with van der Waals surface area (Å²) in [4.78, 5) is 16.9. The quantitative estimate of drug-likeness (QED) is 0.802. The normalized spacial score (nSPS) is 11.0. The van der Waals surface area contributed by atoms with Gasteiger partial charge in [0.1, 0.15) is 21.4 Å². The molecule has 0 aliphatic heterocycles. The van der Waals surface area contributed by atoms with Crippen molar-refractivity contribution in [1.82, 2.24) is 24.9 Å². The van der Waals surface area contributed by atoms with Crippen LogP contribution in [0.5, 0.6) is 0 Å². The maximum Gasteiger partial charge on any atom is 0.270 e. The lowest BCUT2D eigenvalue weighted by atomic mass is 10.3. The van der Waals surface area contributed by atoms with Crippen LogP contribution in [0, 0.1) is 13.8 Å². The first-order valence-corrected chi connectivity index (χ1v) is 7.95. The van der Waals surface area contributed by atoms with E-state index in [2.05, 4.69) is 20.5 Å². The molecule has 0 saturated carbocycles. The Balaban J connectivity index is 1.82. The Morgan fingerprint density at radius 1 is 1.27 bits per heavy atom. The van der Waals surface area contributed by atoms with Crippen molar-refractivity contribution in [2.75, 3.05) is 0 Å². The highest BCUT2D eigenvalue weighted by atomic mass is 32.1. The number of hydrogen-bond donors (Lipinski definition) is 1. The van der Waals surface area contributed by atoms with E-state index < -0.39 is 0 Å². The smallest absolute Gasteiger partial charge is 0.270 e. The van der Waals surface area contributed by atoms with Crippen molar-refractivity contribution in [1.29, 1.82) is 0 Å². The molecular formula is C15H17N5OS. The van der Waals surface area contributed by atoms with Gasteiger partial charge in [-0.3, -0.25) is 9.20 Å². The summed E-state index contributed by atoms with van der Waals surface area (Å²) >= 11 is 1.52. The summed E-state index contributed by atoms with van der Waals surface area (Å²) in [6.45, 7) is 6.25. The molecule has 6 nitrogen and oxygen atoms in total. The average Bonchev–Trinajstić information content (AvgIpc) is 3.08. The van der Waals surface area contributed by atoms with E-state index >= 15 is 0 Å². The molecule has 1 amide bonds. The standard InChI is InChI=1S/C15H17N5OS/c1-4-12-18-19-13(22-12)7-16-15(21)14-10(3)17-11-6-5-9(2)8-20(11)14/h5-6,8H,4,7H2,1-3H3,(H,16,21). The zero-order chi connectivity index (χ0) is 15.7. The van der Waals surface area contributed by atoms with E-state index in [1.165, 1.54) is 11.3 Å². The zero-order valence-corrected chi connectivity index (χ0v) is 13.6. The molecule has 3 heterocycles. The van der Waals surface area contributed by atoms with Crippen molar-refractivity contribution in [3.8, 4) is 0 Å². The molecule has 7 heteroatoms. The van der Waals surface area contributed by atoms with E-state index in [-0.39, 0.29) is 5.91 Å². The van der Waals surface area contributed by atoms with Crippen molar-refractivity contribution in [2.45, 2.75) is 33.7 Å². The van der Waals surface area contributed by atoms with Crippen LogP contribution in [0.1, 0.15) is 38.7 Å². The molecule has 0 atom stereocenters. The summed E-state index contributed by atoms with van der Waals surface area (Å²) in [5.74, 6) is -0.149. The van der Waals surface area contributed by atoms with Crippen LogP contribution in [-0.2, 0) is 13.0 Å². The largest absolute Gasteiger partial charge is 0.344 e. The maximum atomic E-state index is 12.5. The van der Waals surface area contributed by atoms with Crippen molar-refractivity contribution in [3.05, 3.63) is 45.3 Å². The molecule has 0 aromatic carbocycles. The van der Waals surface area contributed by atoms with Gasteiger partial charge < -0.3 is 5.32 Å². The van der Waals surface area contributed by atoms with Crippen LogP contribution in [0.25, 0.3) is 5.65 Å². The number of rotatable bonds is 4. The number of nitrogens with zero attached hydrogens (tertiary/aromatic N) is 4. The number of pyridine rings is 1. The number of hydrogen-bond acceptors (Lipinski definition) is 5. The molecule has 3 aromatic heterocycles. The number of aromatic nitrogens is 4. The highest BCUT2D eigenvalue weighted by Gasteiger charge is 2.17. The molecular weight excluding hydrogens is 298 g/mol. The molecule has 3 aromatic rings. The molecule has 114 valence electrons. The fourth-order valence-corrected chi connectivity index (χ4v) is 3.01. The Morgan fingerprint density at radius 3 is 2.77 bits per heavy atom. The highest BCUT2D eigenvalue weighted by molar-refractivity contribution is 7.11. The van der Waals surface area contributed by atoms with Gasteiger partial charge in [0, 0.05) is 6.20 Å². The van der Waals surface area contributed by atoms with Gasteiger partial charge in [0.15, 0.2) is 0 Å². The van der Waals surface area contributed by atoms with Gasteiger partial charge in [-0.15, -0.1) is 10.2 Å². The van der Waals surface area contributed by atoms with Crippen LogP contribution in [-0.4, -0.2) is 25.5 Å². The second-order valence-corrected chi connectivity index (χ2v) is 6.25. The van der Waals surface area contributed by atoms with E-state index in [9.17, 15) is 4.79 Å². The number of fused-ring (bicyclic) bond motifs is 1. The van der Waals surface area contributed by atoms with Crippen LogP contribution >= 0.6 is 11.3 Å². The summed E-state index contributed by atoms with van der Waals surface area (Å²) in [6.07, 6.45) is 2.78. The number of carbonyl (C=O) groups is 1. The van der Waals surface area contributed by atoms with E-state index in [0.29, 0.717) is 12.2 Å². The number of carbonyl (C=O) groups excluding carboxylic acids is 1. The van der Waals surface area contributed by atoms with E-state index in [1.54, 1.807) is 0 Å². The van der Waals surface area contributed by atoms with Crippen molar-refractivity contribution in [2.24, 2.45) is 0 Å². The second kappa shape index (κ2) is 5.84. The van der Waals surface area contributed by atoms with Crippen molar-refractivity contribution < 1.29 is 4.79 Å². The Bertz CT molecular complexity index is 836. The monoisotopic (exact) mass is 315 g/mol. The highest BCUT2D eigenvalue weighted by Crippen LogP contribution is 2.14. The number of imidazole rings is 1. The van der Waals surface area contributed by atoms with Gasteiger partial charge >= 0.3 is 0 Å². The summed E-state index contributed by atoms with van der Waals surface area (Å²) in [5, 5.41) is 12.8. The van der Waals surface area contributed by atoms with Crippen molar-refractivity contribution >= 4 is 22.9 Å². The van der Waals surface area contributed by atoms with Crippen LogP contribution in [0.15, 0.2) is 18.3 Å². The first-order chi connectivity index (χ1) is 10.6. The fraction of sp³-hybridized carbons (Fsp3) is 0.333.